The van der Waals surface area contributed by atoms with Crippen LogP contribution in [0.5, 0.6) is 0 Å². The third kappa shape index (κ3) is 6.65. The van der Waals surface area contributed by atoms with Gasteiger partial charge >= 0.3 is 0 Å². The number of hydrogen-bond donors (Lipinski definition) is 2. The minimum atomic E-state index is 0.786. The monoisotopic (exact) mass is 356 g/mol. The molecule has 1 saturated carbocycles. The lowest BCUT2D eigenvalue weighted by molar-refractivity contribution is 0.372. The van der Waals surface area contributed by atoms with Gasteiger partial charge in [-0.2, -0.15) is 0 Å². The van der Waals surface area contributed by atoms with Crippen LogP contribution in [0, 0.1) is 0 Å². The van der Waals surface area contributed by atoms with E-state index < -0.39 is 0 Å². The van der Waals surface area contributed by atoms with Crippen LogP contribution < -0.4 is 10.6 Å². The van der Waals surface area contributed by atoms with E-state index in [0.717, 1.165) is 25.7 Å². The van der Waals surface area contributed by atoms with Gasteiger partial charge in [0, 0.05) is 24.0 Å². The van der Waals surface area contributed by atoms with Crippen LogP contribution in [0.2, 0.25) is 0 Å². The van der Waals surface area contributed by atoms with Crippen LogP contribution in [-0.2, 0) is 0 Å². The van der Waals surface area contributed by atoms with Crippen LogP contribution in [0.25, 0.3) is 10.8 Å². The fraction of sp³-hybridized carbons (Fsp3) is 0.545. The average molecular weight is 357 g/mol. The minimum absolute atomic E-state index is 0.786. The van der Waals surface area contributed by atoms with Crippen LogP contribution in [0.1, 0.15) is 44.9 Å². The molecule has 0 unspecified atom stereocenters. The van der Waals surface area contributed by atoms with E-state index in [2.05, 4.69) is 53.1 Å². The highest BCUT2D eigenvalue weighted by Crippen LogP contribution is 2.24. The van der Waals surface area contributed by atoms with E-state index in [-0.39, 0.29) is 0 Å². The highest BCUT2D eigenvalue weighted by molar-refractivity contribution is 7.99. The molecule has 0 amide bonds. The van der Waals surface area contributed by atoms with Gasteiger partial charge in [0.2, 0.25) is 0 Å². The molecule has 0 saturated heterocycles. The quantitative estimate of drug-likeness (QED) is 0.450. The Balaban J connectivity index is 1.20. The molecule has 2 N–H and O–H groups in total. The number of benzene rings is 2. The van der Waals surface area contributed by atoms with Crippen molar-refractivity contribution in [3.05, 3.63) is 42.5 Å². The van der Waals surface area contributed by atoms with Crippen molar-refractivity contribution >= 4 is 22.5 Å². The largest absolute Gasteiger partial charge is 0.315 e. The summed E-state index contributed by atoms with van der Waals surface area (Å²) in [5.74, 6) is 1.21. The predicted octanol–water partition coefficient (Wildman–Crippen LogP) is 5.22. The zero-order valence-corrected chi connectivity index (χ0v) is 16.1. The lowest BCUT2D eigenvalue weighted by Gasteiger charge is -2.22. The van der Waals surface area contributed by atoms with Crippen LogP contribution >= 0.6 is 11.8 Å². The molecule has 136 valence electrons. The molecule has 1 aliphatic carbocycles. The Morgan fingerprint density at radius 3 is 2.56 bits per heavy atom. The first-order valence-corrected chi connectivity index (χ1v) is 11.0. The molecule has 2 aromatic rings. The van der Waals surface area contributed by atoms with E-state index in [9.17, 15) is 0 Å². The van der Waals surface area contributed by atoms with Gasteiger partial charge in [-0.1, -0.05) is 49.6 Å². The maximum absolute atomic E-state index is 3.69. The molecular weight excluding hydrogens is 324 g/mol. The number of nitrogens with one attached hydrogen (secondary N) is 2. The Labute approximate surface area is 157 Å². The van der Waals surface area contributed by atoms with E-state index in [1.165, 1.54) is 66.4 Å². The molecule has 2 nitrogen and oxygen atoms in total. The Kier molecular flexibility index (Phi) is 8.14. The first-order chi connectivity index (χ1) is 12.4. The van der Waals surface area contributed by atoms with Crippen LogP contribution in [0.4, 0.5) is 0 Å². The van der Waals surface area contributed by atoms with Crippen molar-refractivity contribution in [2.24, 2.45) is 0 Å². The minimum Gasteiger partial charge on any atom is -0.315 e. The summed E-state index contributed by atoms with van der Waals surface area (Å²) in [6.45, 7) is 3.37. The van der Waals surface area contributed by atoms with E-state index >= 15 is 0 Å². The summed E-state index contributed by atoms with van der Waals surface area (Å²) in [5.41, 5.74) is 0. The first-order valence-electron chi connectivity index (χ1n) is 9.97. The molecule has 1 aliphatic rings. The van der Waals surface area contributed by atoms with Gasteiger partial charge in [0.1, 0.15) is 0 Å². The van der Waals surface area contributed by atoms with Gasteiger partial charge in [-0.15, -0.1) is 11.8 Å². The second-order valence-electron chi connectivity index (χ2n) is 7.10. The van der Waals surface area contributed by atoms with Crippen molar-refractivity contribution in [3.63, 3.8) is 0 Å². The smallest absolute Gasteiger partial charge is 0.00793 e. The molecule has 3 rings (SSSR count). The van der Waals surface area contributed by atoms with Crippen LogP contribution in [0.3, 0.4) is 0 Å². The summed E-state index contributed by atoms with van der Waals surface area (Å²) in [6, 6.07) is 16.2. The Morgan fingerprint density at radius 2 is 1.68 bits per heavy atom. The predicted molar refractivity (Wildman–Crippen MR) is 112 cm³/mol. The topological polar surface area (TPSA) is 24.1 Å². The van der Waals surface area contributed by atoms with Crippen molar-refractivity contribution < 1.29 is 0 Å². The fourth-order valence-corrected chi connectivity index (χ4v) is 4.55. The van der Waals surface area contributed by atoms with Crippen molar-refractivity contribution in [1.82, 2.24) is 10.6 Å². The number of hydrogen-bond acceptors (Lipinski definition) is 3. The molecule has 0 bridgehead atoms. The van der Waals surface area contributed by atoms with Gasteiger partial charge in [-0.05, 0) is 60.9 Å². The van der Waals surface area contributed by atoms with E-state index in [4.69, 9.17) is 0 Å². The summed E-state index contributed by atoms with van der Waals surface area (Å²) in [5, 5.41) is 9.95. The number of thioether (sulfide) groups is 1. The average Bonchev–Trinajstić information content (AvgIpc) is 2.67. The van der Waals surface area contributed by atoms with Crippen molar-refractivity contribution in [2.45, 2.75) is 55.9 Å². The summed E-state index contributed by atoms with van der Waals surface area (Å²) < 4.78 is 0. The zero-order valence-electron chi connectivity index (χ0n) is 15.3. The maximum atomic E-state index is 3.69. The summed E-state index contributed by atoms with van der Waals surface area (Å²) in [4.78, 5) is 1.39. The molecule has 0 heterocycles. The molecule has 0 radical (unpaired) electrons. The van der Waals surface area contributed by atoms with E-state index in [1.807, 2.05) is 11.8 Å². The Hall–Kier alpha value is -1.03. The molecule has 0 aliphatic heterocycles. The maximum Gasteiger partial charge on any atom is 0.00793 e. The van der Waals surface area contributed by atoms with Crippen LogP contribution in [0.15, 0.2) is 47.4 Å². The fourth-order valence-electron chi connectivity index (χ4n) is 3.60. The third-order valence-electron chi connectivity index (χ3n) is 5.08. The van der Waals surface area contributed by atoms with Crippen molar-refractivity contribution in [1.29, 1.82) is 0 Å². The number of unbranched alkanes of at least 4 members (excludes halogenated alkanes) is 1. The van der Waals surface area contributed by atoms with Gasteiger partial charge in [0.15, 0.2) is 0 Å². The Morgan fingerprint density at radius 1 is 0.840 bits per heavy atom. The van der Waals surface area contributed by atoms with Gasteiger partial charge in [0.25, 0.3) is 0 Å². The number of fused-ring (bicyclic) bond motifs is 1. The third-order valence-corrected chi connectivity index (χ3v) is 6.16. The highest BCUT2D eigenvalue weighted by Gasteiger charge is 2.11. The number of rotatable bonds is 10. The molecule has 0 aromatic heterocycles. The molecule has 0 atom stereocenters. The second kappa shape index (κ2) is 10.8. The van der Waals surface area contributed by atoms with Crippen molar-refractivity contribution in [3.8, 4) is 0 Å². The Bertz CT molecular complexity index is 622. The van der Waals surface area contributed by atoms with E-state index in [0.29, 0.717) is 0 Å². The van der Waals surface area contributed by atoms with Gasteiger partial charge in [-0.25, -0.2) is 0 Å². The SMILES string of the molecule is c1ccc2cc(SCCCCNCCNC3CCCCC3)ccc2c1. The molecule has 1 fully saturated rings. The van der Waals surface area contributed by atoms with Gasteiger partial charge in [0.05, 0.1) is 0 Å². The molecule has 2 aromatic carbocycles. The van der Waals surface area contributed by atoms with Gasteiger partial charge < -0.3 is 10.6 Å². The zero-order chi connectivity index (χ0) is 17.2. The summed E-state index contributed by atoms with van der Waals surface area (Å²) in [7, 11) is 0. The summed E-state index contributed by atoms with van der Waals surface area (Å²) >= 11 is 1.98. The van der Waals surface area contributed by atoms with Crippen molar-refractivity contribution in [2.75, 3.05) is 25.4 Å². The summed E-state index contributed by atoms with van der Waals surface area (Å²) in [6.07, 6.45) is 9.58. The first kappa shape index (κ1) is 18.8. The molecule has 3 heteroatoms. The van der Waals surface area contributed by atoms with E-state index in [1.54, 1.807) is 0 Å². The molecule has 25 heavy (non-hydrogen) atoms. The lowest BCUT2D eigenvalue weighted by Crippen LogP contribution is -2.36. The standard InChI is InChI=1S/C22H32N2S/c1-2-10-21(11-3-1)24-16-15-23-14-6-7-17-25-22-13-12-19-8-4-5-9-20(19)18-22/h4-5,8-9,12-13,18,21,23-24H,1-3,6-7,10-11,14-17H2. The molecular formula is C22H32N2S. The lowest BCUT2D eigenvalue weighted by atomic mass is 9.95. The van der Waals surface area contributed by atoms with Gasteiger partial charge in [-0.3, -0.25) is 0 Å². The van der Waals surface area contributed by atoms with Crippen LogP contribution in [-0.4, -0.2) is 31.4 Å². The second-order valence-corrected chi connectivity index (χ2v) is 8.27. The highest BCUT2D eigenvalue weighted by atomic mass is 32.2. The normalized spacial score (nSPS) is 15.7. The molecule has 0 spiro atoms.